The Morgan fingerprint density at radius 3 is 2.71 bits per heavy atom. The third-order valence-corrected chi connectivity index (χ3v) is 3.26. The van der Waals surface area contributed by atoms with Gasteiger partial charge in [0.2, 0.25) is 0 Å². The van der Waals surface area contributed by atoms with E-state index in [2.05, 4.69) is 6.07 Å². The molecule has 1 aromatic rings. The van der Waals surface area contributed by atoms with Crippen LogP contribution in [0.5, 0.6) is 0 Å². The second kappa shape index (κ2) is 5.15. The highest BCUT2D eigenvalue weighted by atomic mass is 35.5. The summed E-state index contributed by atoms with van der Waals surface area (Å²) in [5.74, 6) is 0. The monoisotopic (exact) mass is 252 g/mol. The fourth-order valence-electron chi connectivity index (χ4n) is 1.53. The van der Waals surface area contributed by atoms with Crippen molar-refractivity contribution in [1.29, 1.82) is 5.26 Å². The third kappa shape index (κ3) is 2.95. The van der Waals surface area contributed by atoms with Crippen molar-refractivity contribution >= 4 is 17.3 Å². The molecular formula is C12H13ClN2O2. The Balaban J connectivity index is 3.23. The molecule has 90 valence electrons. The van der Waals surface area contributed by atoms with E-state index in [1.54, 1.807) is 19.1 Å². The highest BCUT2D eigenvalue weighted by molar-refractivity contribution is 6.31. The molecule has 0 saturated carbocycles. The van der Waals surface area contributed by atoms with E-state index in [0.717, 1.165) is 0 Å². The summed E-state index contributed by atoms with van der Waals surface area (Å²) in [5, 5.41) is 20.3. The smallest absolute Gasteiger partial charge is 0.258 e. The lowest BCUT2D eigenvalue weighted by Gasteiger charge is -2.19. The zero-order valence-electron chi connectivity index (χ0n) is 9.74. The average molecular weight is 253 g/mol. The predicted octanol–water partition coefficient (Wildman–Crippen LogP) is 3.73. The Labute approximate surface area is 105 Å². The molecule has 4 nitrogen and oxygen atoms in total. The molecule has 17 heavy (non-hydrogen) atoms. The van der Waals surface area contributed by atoms with E-state index < -0.39 is 10.3 Å². The SMILES string of the molecule is CCC(C)(C#N)Cc1c(Cl)cccc1[N+](=O)[O-]. The van der Waals surface area contributed by atoms with Crippen molar-refractivity contribution in [2.45, 2.75) is 26.7 Å². The fourth-order valence-corrected chi connectivity index (χ4v) is 1.76. The minimum atomic E-state index is -0.629. The van der Waals surface area contributed by atoms with E-state index in [1.165, 1.54) is 6.07 Å². The zero-order valence-corrected chi connectivity index (χ0v) is 10.5. The van der Waals surface area contributed by atoms with Gasteiger partial charge in [0.15, 0.2) is 0 Å². The maximum Gasteiger partial charge on any atom is 0.274 e. The van der Waals surface area contributed by atoms with Gasteiger partial charge in [-0.2, -0.15) is 5.26 Å². The predicted molar refractivity (Wildman–Crippen MR) is 65.8 cm³/mol. The maximum atomic E-state index is 10.9. The van der Waals surface area contributed by atoms with Crippen LogP contribution in [-0.4, -0.2) is 4.92 Å². The molecule has 1 unspecified atom stereocenters. The van der Waals surface area contributed by atoms with Gasteiger partial charge in [-0.3, -0.25) is 10.1 Å². The van der Waals surface area contributed by atoms with E-state index in [1.807, 2.05) is 6.92 Å². The normalized spacial score (nSPS) is 13.8. The van der Waals surface area contributed by atoms with Crippen LogP contribution in [0.4, 0.5) is 5.69 Å². The number of hydrogen-bond acceptors (Lipinski definition) is 3. The Morgan fingerprint density at radius 2 is 2.24 bits per heavy atom. The molecule has 0 saturated heterocycles. The molecule has 1 aromatic carbocycles. The second-order valence-corrected chi connectivity index (χ2v) is 4.60. The number of benzene rings is 1. The number of nitriles is 1. The van der Waals surface area contributed by atoms with Crippen LogP contribution in [0.2, 0.25) is 5.02 Å². The first-order chi connectivity index (χ1) is 7.93. The van der Waals surface area contributed by atoms with Crippen LogP contribution >= 0.6 is 11.6 Å². The van der Waals surface area contributed by atoms with E-state index in [9.17, 15) is 10.1 Å². The van der Waals surface area contributed by atoms with E-state index >= 15 is 0 Å². The van der Waals surface area contributed by atoms with Gasteiger partial charge >= 0.3 is 0 Å². The van der Waals surface area contributed by atoms with E-state index in [0.29, 0.717) is 17.0 Å². The molecule has 0 bridgehead atoms. The summed E-state index contributed by atoms with van der Waals surface area (Å²) in [5.41, 5.74) is -0.215. The molecule has 0 amide bonds. The van der Waals surface area contributed by atoms with Crippen molar-refractivity contribution in [2.24, 2.45) is 5.41 Å². The molecule has 0 aliphatic rings. The maximum absolute atomic E-state index is 10.9. The zero-order chi connectivity index (χ0) is 13.1. The Kier molecular flexibility index (Phi) is 4.08. The van der Waals surface area contributed by atoms with Crippen LogP contribution in [0.15, 0.2) is 18.2 Å². The summed E-state index contributed by atoms with van der Waals surface area (Å²) in [6, 6.07) is 6.75. The fraction of sp³-hybridized carbons (Fsp3) is 0.417. The largest absolute Gasteiger partial charge is 0.274 e. The minimum absolute atomic E-state index is 0.0209. The van der Waals surface area contributed by atoms with E-state index in [4.69, 9.17) is 16.9 Å². The van der Waals surface area contributed by atoms with Crippen LogP contribution in [0, 0.1) is 26.9 Å². The van der Waals surface area contributed by atoms with Gasteiger partial charge in [-0.05, 0) is 25.8 Å². The van der Waals surface area contributed by atoms with Crippen LogP contribution in [0.1, 0.15) is 25.8 Å². The number of hydrogen-bond donors (Lipinski definition) is 0. The molecule has 0 N–H and O–H groups in total. The Hall–Kier alpha value is -1.60. The molecule has 0 aliphatic heterocycles. The van der Waals surface area contributed by atoms with Crippen LogP contribution in [0.25, 0.3) is 0 Å². The minimum Gasteiger partial charge on any atom is -0.258 e. The van der Waals surface area contributed by atoms with E-state index in [-0.39, 0.29) is 12.1 Å². The van der Waals surface area contributed by atoms with Crippen molar-refractivity contribution in [1.82, 2.24) is 0 Å². The number of nitro groups is 1. The standard InChI is InChI=1S/C12H13ClN2O2/c1-3-12(2,8-14)7-9-10(13)5-4-6-11(9)15(16)17/h4-6H,3,7H2,1-2H3. The average Bonchev–Trinajstić information content (AvgIpc) is 2.31. The lowest BCUT2D eigenvalue weighted by atomic mass is 9.82. The number of nitro benzene ring substituents is 1. The van der Waals surface area contributed by atoms with Crippen LogP contribution in [-0.2, 0) is 6.42 Å². The number of halogens is 1. The van der Waals surface area contributed by atoms with Crippen molar-refractivity contribution in [3.63, 3.8) is 0 Å². The molecule has 0 radical (unpaired) electrons. The quantitative estimate of drug-likeness (QED) is 0.606. The summed E-state index contributed by atoms with van der Waals surface area (Å²) in [4.78, 5) is 10.4. The molecule has 0 heterocycles. The molecule has 5 heteroatoms. The molecule has 0 aliphatic carbocycles. The van der Waals surface area contributed by atoms with Gasteiger partial charge in [-0.25, -0.2) is 0 Å². The lowest BCUT2D eigenvalue weighted by molar-refractivity contribution is -0.385. The first-order valence-electron chi connectivity index (χ1n) is 5.26. The van der Waals surface area contributed by atoms with Gasteiger partial charge < -0.3 is 0 Å². The third-order valence-electron chi connectivity index (χ3n) is 2.91. The van der Waals surface area contributed by atoms with Gasteiger partial charge in [0.1, 0.15) is 0 Å². The highest BCUT2D eigenvalue weighted by Gasteiger charge is 2.27. The summed E-state index contributed by atoms with van der Waals surface area (Å²) in [6.45, 7) is 3.66. The summed E-state index contributed by atoms with van der Waals surface area (Å²) in [7, 11) is 0. The van der Waals surface area contributed by atoms with Gasteiger partial charge in [-0.1, -0.05) is 24.6 Å². The summed E-state index contributed by atoms with van der Waals surface area (Å²) in [6.07, 6.45) is 0.905. The second-order valence-electron chi connectivity index (χ2n) is 4.20. The van der Waals surface area contributed by atoms with Gasteiger partial charge in [0.25, 0.3) is 5.69 Å². The summed E-state index contributed by atoms with van der Waals surface area (Å²) >= 11 is 5.98. The Morgan fingerprint density at radius 1 is 1.59 bits per heavy atom. The van der Waals surface area contributed by atoms with Gasteiger partial charge in [0.05, 0.1) is 21.4 Å². The summed E-state index contributed by atoms with van der Waals surface area (Å²) < 4.78 is 0. The first kappa shape index (κ1) is 13.5. The molecule has 1 atom stereocenters. The van der Waals surface area contributed by atoms with Gasteiger partial charge in [-0.15, -0.1) is 0 Å². The number of rotatable bonds is 4. The van der Waals surface area contributed by atoms with Crippen molar-refractivity contribution in [3.05, 3.63) is 38.9 Å². The van der Waals surface area contributed by atoms with Gasteiger partial charge in [0, 0.05) is 11.6 Å². The molecule has 0 spiro atoms. The molecule has 0 fully saturated rings. The van der Waals surface area contributed by atoms with Crippen molar-refractivity contribution < 1.29 is 4.92 Å². The molecule has 1 rings (SSSR count). The lowest BCUT2D eigenvalue weighted by Crippen LogP contribution is -2.17. The van der Waals surface area contributed by atoms with Crippen LogP contribution < -0.4 is 0 Å². The van der Waals surface area contributed by atoms with Crippen molar-refractivity contribution in [2.75, 3.05) is 0 Å². The molecule has 0 aromatic heterocycles. The Bertz CT molecular complexity index is 482. The molecular weight excluding hydrogens is 240 g/mol. The van der Waals surface area contributed by atoms with Crippen molar-refractivity contribution in [3.8, 4) is 6.07 Å². The number of nitrogens with zero attached hydrogens (tertiary/aromatic N) is 2. The highest BCUT2D eigenvalue weighted by Crippen LogP contribution is 2.34. The topological polar surface area (TPSA) is 66.9 Å². The van der Waals surface area contributed by atoms with Crippen LogP contribution in [0.3, 0.4) is 0 Å². The first-order valence-corrected chi connectivity index (χ1v) is 5.64.